The molecule has 2 rings (SSSR count). The zero-order valence-electron chi connectivity index (χ0n) is 14.3. The van der Waals surface area contributed by atoms with Crippen molar-refractivity contribution in [2.75, 3.05) is 24.5 Å². The molecule has 1 fully saturated rings. The smallest absolute Gasteiger partial charge is 0.317 e. The first-order valence-corrected chi connectivity index (χ1v) is 8.47. The molecule has 126 valence electrons. The molecule has 1 heterocycles. The molecule has 1 aliphatic heterocycles. The fourth-order valence-corrected chi connectivity index (χ4v) is 2.90. The summed E-state index contributed by atoms with van der Waals surface area (Å²) in [6, 6.07) is 7.73. The lowest BCUT2D eigenvalue weighted by Crippen LogP contribution is -2.46. The van der Waals surface area contributed by atoms with Gasteiger partial charge in [-0.3, -0.25) is 4.79 Å². The van der Waals surface area contributed by atoms with E-state index in [1.807, 2.05) is 36.1 Å². The first kappa shape index (κ1) is 17.3. The highest BCUT2D eigenvalue weighted by Crippen LogP contribution is 2.22. The molecule has 5 nitrogen and oxygen atoms in total. The predicted octanol–water partition coefficient (Wildman–Crippen LogP) is 2.93. The lowest BCUT2D eigenvalue weighted by atomic mass is 10.2. The van der Waals surface area contributed by atoms with Crippen LogP contribution in [0.1, 0.15) is 38.7 Å². The number of carbonyl (C=O) groups is 2. The Balaban J connectivity index is 1.96. The second-order valence-corrected chi connectivity index (χ2v) is 6.18. The van der Waals surface area contributed by atoms with E-state index in [1.165, 1.54) is 5.56 Å². The third-order valence-electron chi connectivity index (χ3n) is 4.07. The SMILES string of the molecule is CCCN(CCC)C(=O)N[C@H]1CC(=O)N(c2ccc(C)cc2)C1. The average molecular weight is 317 g/mol. The second-order valence-electron chi connectivity index (χ2n) is 6.18. The molecule has 0 radical (unpaired) electrons. The lowest BCUT2D eigenvalue weighted by Gasteiger charge is -2.24. The van der Waals surface area contributed by atoms with Crippen molar-refractivity contribution in [1.82, 2.24) is 10.2 Å². The minimum absolute atomic E-state index is 0.0581. The van der Waals surface area contributed by atoms with Crippen molar-refractivity contribution in [3.8, 4) is 0 Å². The number of anilines is 1. The Kier molecular flexibility index (Phi) is 6.02. The number of hydrogen-bond donors (Lipinski definition) is 1. The first-order valence-electron chi connectivity index (χ1n) is 8.47. The van der Waals surface area contributed by atoms with E-state index in [2.05, 4.69) is 19.2 Å². The molecule has 0 bridgehead atoms. The first-order chi connectivity index (χ1) is 11.0. The number of urea groups is 1. The van der Waals surface area contributed by atoms with Crippen molar-refractivity contribution in [3.05, 3.63) is 29.8 Å². The predicted molar refractivity (Wildman–Crippen MR) is 92.6 cm³/mol. The Bertz CT molecular complexity index is 536. The van der Waals surface area contributed by atoms with Crippen LogP contribution in [0.2, 0.25) is 0 Å². The number of carbonyl (C=O) groups excluding carboxylic acids is 2. The zero-order chi connectivity index (χ0) is 16.8. The van der Waals surface area contributed by atoms with Crippen LogP contribution in [0, 0.1) is 6.92 Å². The molecule has 1 N–H and O–H groups in total. The molecule has 3 amide bonds. The normalized spacial score (nSPS) is 17.4. The third kappa shape index (κ3) is 4.47. The Labute approximate surface area is 138 Å². The van der Waals surface area contributed by atoms with Crippen LogP contribution in [-0.4, -0.2) is 42.5 Å². The molecule has 23 heavy (non-hydrogen) atoms. The largest absolute Gasteiger partial charge is 0.333 e. The fourth-order valence-electron chi connectivity index (χ4n) is 2.90. The van der Waals surface area contributed by atoms with Crippen LogP contribution in [-0.2, 0) is 4.79 Å². The van der Waals surface area contributed by atoms with Crippen LogP contribution in [0.15, 0.2) is 24.3 Å². The molecular formula is C18H27N3O2. The van der Waals surface area contributed by atoms with Gasteiger partial charge in [-0.1, -0.05) is 31.5 Å². The van der Waals surface area contributed by atoms with Crippen LogP contribution in [0.5, 0.6) is 0 Å². The van der Waals surface area contributed by atoms with Gasteiger partial charge in [0.15, 0.2) is 0 Å². The summed E-state index contributed by atoms with van der Waals surface area (Å²) < 4.78 is 0. The van der Waals surface area contributed by atoms with Crippen LogP contribution in [0.4, 0.5) is 10.5 Å². The molecule has 1 saturated heterocycles. The third-order valence-corrected chi connectivity index (χ3v) is 4.07. The summed E-state index contributed by atoms with van der Waals surface area (Å²) >= 11 is 0. The maximum absolute atomic E-state index is 12.4. The highest BCUT2D eigenvalue weighted by Gasteiger charge is 2.32. The number of rotatable bonds is 6. The summed E-state index contributed by atoms with van der Waals surface area (Å²) in [5.41, 5.74) is 2.07. The summed E-state index contributed by atoms with van der Waals surface area (Å²) in [5.74, 6) is 0.0664. The minimum atomic E-state index is -0.118. The summed E-state index contributed by atoms with van der Waals surface area (Å²) in [6.45, 7) is 8.20. The van der Waals surface area contributed by atoms with Crippen molar-refractivity contribution in [3.63, 3.8) is 0 Å². The fraction of sp³-hybridized carbons (Fsp3) is 0.556. The standard InChI is InChI=1S/C18H27N3O2/c1-4-10-20(11-5-2)18(23)19-15-12-17(22)21(13-15)16-8-6-14(3)7-9-16/h6-9,15H,4-5,10-13H2,1-3H3,(H,19,23)/t15-/m0/s1. The van der Waals surface area contributed by atoms with Crippen LogP contribution >= 0.6 is 0 Å². The number of benzene rings is 1. The summed E-state index contributed by atoms with van der Waals surface area (Å²) in [6.07, 6.45) is 2.24. The molecular weight excluding hydrogens is 290 g/mol. The number of hydrogen-bond acceptors (Lipinski definition) is 2. The van der Waals surface area contributed by atoms with E-state index in [4.69, 9.17) is 0 Å². The number of aryl methyl sites for hydroxylation is 1. The minimum Gasteiger partial charge on any atom is -0.333 e. The average Bonchev–Trinajstić information content (AvgIpc) is 2.88. The quantitative estimate of drug-likeness (QED) is 0.877. The topological polar surface area (TPSA) is 52.7 Å². The van der Waals surface area contributed by atoms with E-state index in [-0.39, 0.29) is 18.0 Å². The van der Waals surface area contributed by atoms with Crippen molar-refractivity contribution >= 4 is 17.6 Å². The number of nitrogens with zero attached hydrogens (tertiary/aromatic N) is 2. The Morgan fingerprint density at radius 2 is 1.83 bits per heavy atom. The van der Waals surface area contributed by atoms with Crippen molar-refractivity contribution < 1.29 is 9.59 Å². The molecule has 1 aliphatic rings. The van der Waals surface area contributed by atoms with Gasteiger partial charge in [0.2, 0.25) is 5.91 Å². The molecule has 0 aliphatic carbocycles. The van der Waals surface area contributed by atoms with E-state index in [0.717, 1.165) is 31.6 Å². The Morgan fingerprint density at radius 3 is 2.39 bits per heavy atom. The molecule has 1 aromatic carbocycles. The highest BCUT2D eigenvalue weighted by atomic mass is 16.2. The molecule has 1 atom stereocenters. The maximum Gasteiger partial charge on any atom is 0.317 e. The van der Waals surface area contributed by atoms with Gasteiger partial charge in [0.25, 0.3) is 0 Å². The molecule has 5 heteroatoms. The van der Waals surface area contributed by atoms with Crippen molar-refractivity contribution in [1.29, 1.82) is 0 Å². The van der Waals surface area contributed by atoms with Crippen molar-refractivity contribution in [2.45, 2.75) is 46.1 Å². The van der Waals surface area contributed by atoms with Gasteiger partial charge in [-0.2, -0.15) is 0 Å². The van der Waals surface area contributed by atoms with Gasteiger partial charge in [0.1, 0.15) is 0 Å². The summed E-state index contributed by atoms with van der Waals surface area (Å²) in [5, 5.41) is 3.01. The van der Waals surface area contributed by atoms with Gasteiger partial charge in [-0.15, -0.1) is 0 Å². The molecule has 0 aromatic heterocycles. The van der Waals surface area contributed by atoms with Gasteiger partial charge in [-0.25, -0.2) is 4.79 Å². The highest BCUT2D eigenvalue weighted by molar-refractivity contribution is 5.96. The monoisotopic (exact) mass is 317 g/mol. The van der Waals surface area contributed by atoms with Crippen LogP contribution in [0.3, 0.4) is 0 Å². The van der Waals surface area contributed by atoms with E-state index >= 15 is 0 Å². The second kappa shape index (κ2) is 7.99. The maximum atomic E-state index is 12.4. The van der Waals surface area contributed by atoms with Gasteiger partial charge >= 0.3 is 6.03 Å². The number of amides is 3. The summed E-state index contributed by atoms with van der Waals surface area (Å²) in [4.78, 5) is 28.2. The Morgan fingerprint density at radius 1 is 1.22 bits per heavy atom. The van der Waals surface area contributed by atoms with E-state index in [1.54, 1.807) is 4.90 Å². The Hall–Kier alpha value is -2.04. The van der Waals surface area contributed by atoms with Gasteiger partial charge in [0, 0.05) is 31.7 Å². The molecule has 0 spiro atoms. The van der Waals surface area contributed by atoms with E-state index in [0.29, 0.717) is 13.0 Å². The van der Waals surface area contributed by atoms with E-state index in [9.17, 15) is 9.59 Å². The molecule has 0 saturated carbocycles. The van der Waals surface area contributed by atoms with Gasteiger partial charge in [0.05, 0.1) is 6.04 Å². The number of nitrogens with one attached hydrogen (secondary N) is 1. The summed E-state index contributed by atoms with van der Waals surface area (Å²) in [7, 11) is 0. The van der Waals surface area contributed by atoms with Gasteiger partial charge in [-0.05, 0) is 31.9 Å². The van der Waals surface area contributed by atoms with Crippen LogP contribution in [0.25, 0.3) is 0 Å². The lowest BCUT2D eigenvalue weighted by molar-refractivity contribution is -0.117. The van der Waals surface area contributed by atoms with Crippen LogP contribution < -0.4 is 10.2 Å². The zero-order valence-corrected chi connectivity index (χ0v) is 14.3. The van der Waals surface area contributed by atoms with Gasteiger partial charge < -0.3 is 15.1 Å². The molecule has 1 aromatic rings. The van der Waals surface area contributed by atoms with Crippen molar-refractivity contribution in [2.24, 2.45) is 0 Å². The van der Waals surface area contributed by atoms with E-state index < -0.39 is 0 Å². The molecule has 0 unspecified atom stereocenters.